The van der Waals surface area contributed by atoms with Gasteiger partial charge in [-0.05, 0) is 19.1 Å². The number of hydrogen-bond donors (Lipinski definition) is 1. The molecule has 0 aliphatic heterocycles. The van der Waals surface area contributed by atoms with Crippen LogP contribution in [0, 0.1) is 0 Å². The van der Waals surface area contributed by atoms with Gasteiger partial charge >= 0.3 is 0 Å². The molecule has 0 spiro atoms. The summed E-state index contributed by atoms with van der Waals surface area (Å²) in [6.07, 6.45) is 7.58. The number of thioether (sulfide) groups is 1. The third kappa shape index (κ3) is 2.55. The van der Waals surface area contributed by atoms with Crippen LogP contribution >= 0.6 is 23.4 Å². The second-order valence-corrected chi connectivity index (χ2v) is 5.48. The molecule has 0 unspecified atom stereocenters. The number of aromatic nitrogens is 2. The van der Waals surface area contributed by atoms with Crippen LogP contribution < -0.4 is 5.32 Å². The highest BCUT2D eigenvalue weighted by atomic mass is 35.5. The molecule has 1 aromatic rings. The average molecular weight is 244 g/mol. The van der Waals surface area contributed by atoms with Gasteiger partial charge in [0.2, 0.25) is 0 Å². The molecular formula is C10H14ClN3S. The maximum Gasteiger partial charge on any atom is 0.134 e. The van der Waals surface area contributed by atoms with Crippen molar-refractivity contribution < 1.29 is 0 Å². The fourth-order valence-electron chi connectivity index (χ4n) is 1.71. The van der Waals surface area contributed by atoms with E-state index in [2.05, 4.69) is 21.5 Å². The third-order valence-electron chi connectivity index (χ3n) is 2.92. The van der Waals surface area contributed by atoms with Gasteiger partial charge < -0.3 is 5.32 Å². The van der Waals surface area contributed by atoms with E-state index in [0.29, 0.717) is 9.90 Å². The normalized spacial score (nSPS) is 18.3. The summed E-state index contributed by atoms with van der Waals surface area (Å²) in [4.78, 5) is 7.97. The number of nitrogens with one attached hydrogen (secondary N) is 1. The van der Waals surface area contributed by atoms with Crippen LogP contribution in [-0.4, -0.2) is 27.5 Å². The molecular weight excluding hydrogens is 230 g/mol. The zero-order valence-electron chi connectivity index (χ0n) is 8.66. The predicted octanol–water partition coefficient (Wildman–Crippen LogP) is 2.83. The van der Waals surface area contributed by atoms with Gasteiger partial charge in [0.05, 0.1) is 0 Å². The molecule has 0 aromatic carbocycles. The highest BCUT2D eigenvalue weighted by Gasteiger charge is 2.35. The van der Waals surface area contributed by atoms with Crippen molar-refractivity contribution in [3.63, 3.8) is 0 Å². The van der Waals surface area contributed by atoms with E-state index in [1.165, 1.54) is 25.6 Å². The first-order chi connectivity index (χ1) is 7.24. The lowest BCUT2D eigenvalue weighted by molar-refractivity contribution is 0.379. The molecule has 0 radical (unpaired) electrons. The van der Waals surface area contributed by atoms with E-state index in [1.807, 2.05) is 11.8 Å². The summed E-state index contributed by atoms with van der Waals surface area (Å²) in [7, 11) is 0. The van der Waals surface area contributed by atoms with Crippen LogP contribution in [0.25, 0.3) is 0 Å². The van der Waals surface area contributed by atoms with E-state index in [1.54, 1.807) is 6.07 Å². The molecule has 1 N–H and O–H groups in total. The summed E-state index contributed by atoms with van der Waals surface area (Å²) in [5.41, 5.74) is 0. The molecule has 1 aliphatic rings. The Hall–Kier alpha value is -0.480. The monoisotopic (exact) mass is 243 g/mol. The molecule has 0 atom stereocenters. The van der Waals surface area contributed by atoms with Crippen LogP contribution in [0.5, 0.6) is 0 Å². The zero-order chi connectivity index (χ0) is 10.7. The molecule has 1 heterocycles. The number of anilines is 1. The van der Waals surface area contributed by atoms with E-state index in [9.17, 15) is 0 Å². The molecule has 82 valence electrons. The molecule has 1 saturated carbocycles. The second-order valence-electron chi connectivity index (χ2n) is 3.82. The van der Waals surface area contributed by atoms with Crippen molar-refractivity contribution in [2.24, 2.45) is 0 Å². The molecule has 15 heavy (non-hydrogen) atoms. The second kappa shape index (κ2) is 4.58. The van der Waals surface area contributed by atoms with Gasteiger partial charge in [-0.1, -0.05) is 18.0 Å². The minimum Gasteiger partial charge on any atom is -0.369 e. The van der Waals surface area contributed by atoms with E-state index in [0.717, 1.165) is 12.4 Å². The van der Waals surface area contributed by atoms with E-state index < -0.39 is 0 Å². The molecule has 3 nitrogen and oxygen atoms in total. The predicted molar refractivity (Wildman–Crippen MR) is 65.6 cm³/mol. The van der Waals surface area contributed by atoms with Crippen LogP contribution in [0.3, 0.4) is 0 Å². The first-order valence-corrected chi connectivity index (χ1v) is 6.61. The van der Waals surface area contributed by atoms with Crippen molar-refractivity contribution >= 4 is 29.2 Å². The Morgan fingerprint density at radius 3 is 2.87 bits per heavy atom. The number of nitrogens with zero attached hydrogens (tertiary/aromatic N) is 2. The Labute approximate surface area is 99.0 Å². The standard InChI is InChI=1S/C10H14ClN3S/c1-15-10(3-2-4-10)6-12-9-5-8(11)13-7-14-9/h5,7H,2-4,6H2,1H3,(H,12,13,14). The van der Waals surface area contributed by atoms with Crippen LogP contribution in [0.15, 0.2) is 12.4 Å². The topological polar surface area (TPSA) is 37.8 Å². The minimum atomic E-state index is 0.414. The first-order valence-electron chi connectivity index (χ1n) is 5.01. The summed E-state index contributed by atoms with van der Waals surface area (Å²) < 4.78 is 0.414. The average Bonchev–Trinajstić information content (AvgIpc) is 2.17. The van der Waals surface area contributed by atoms with Crippen LogP contribution in [0.4, 0.5) is 5.82 Å². The van der Waals surface area contributed by atoms with E-state index in [-0.39, 0.29) is 0 Å². The molecule has 1 fully saturated rings. The van der Waals surface area contributed by atoms with Gasteiger partial charge in [-0.2, -0.15) is 11.8 Å². The van der Waals surface area contributed by atoms with Gasteiger partial charge in [0, 0.05) is 17.4 Å². The third-order valence-corrected chi connectivity index (χ3v) is 4.55. The van der Waals surface area contributed by atoms with Gasteiger partial charge in [0.1, 0.15) is 17.3 Å². The van der Waals surface area contributed by atoms with Crippen LogP contribution in [0.1, 0.15) is 19.3 Å². The van der Waals surface area contributed by atoms with Gasteiger partial charge in [0.15, 0.2) is 0 Å². The Balaban J connectivity index is 1.92. The van der Waals surface area contributed by atoms with Crippen molar-refractivity contribution in [1.82, 2.24) is 9.97 Å². The summed E-state index contributed by atoms with van der Waals surface area (Å²) in [6.45, 7) is 0.960. The molecule has 2 rings (SSSR count). The van der Waals surface area contributed by atoms with Gasteiger partial charge in [-0.3, -0.25) is 0 Å². The number of hydrogen-bond acceptors (Lipinski definition) is 4. The fraction of sp³-hybridized carbons (Fsp3) is 0.600. The van der Waals surface area contributed by atoms with Gasteiger partial charge in [-0.25, -0.2) is 9.97 Å². The van der Waals surface area contributed by atoms with Crippen molar-refractivity contribution in [3.05, 3.63) is 17.5 Å². The minimum absolute atomic E-state index is 0.414. The fourth-order valence-corrected chi connectivity index (χ4v) is 2.77. The lowest BCUT2D eigenvalue weighted by Gasteiger charge is -2.40. The number of halogens is 1. The van der Waals surface area contributed by atoms with Crippen molar-refractivity contribution in [2.45, 2.75) is 24.0 Å². The highest BCUT2D eigenvalue weighted by molar-refractivity contribution is 8.00. The molecule has 0 saturated heterocycles. The summed E-state index contributed by atoms with van der Waals surface area (Å²) in [5, 5.41) is 3.81. The zero-order valence-corrected chi connectivity index (χ0v) is 10.2. The van der Waals surface area contributed by atoms with E-state index >= 15 is 0 Å². The Morgan fingerprint density at radius 1 is 1.53 bits per heavy atom. The van der Waals surface area contributed by atoms with Crippen molar-refractivity contribution in [1.29, 1.82) is 0 Å². The smallest absolute Gasteiger partial charge is 0.134 e. The largest absolute Gasteiger partial charge is 0.369 e. The SMILES string of the molecule is CSC1(CNc2cc(Cl)ncn2)CCC1. The molecule has 5 heteroatoms. The first kappa shape index (κ1) is 11.0. The Bertz CT molecular complexity index is 336. The molecule has 1 aromatic heterocycles. The maximum atomic E-state index is 5.78. The molecule has 0 bridgehead atoms. The molecule has 0 amide bonds. The van der Waals surface area contributed by atoms with Gasteiger partial charge in [0.25, 0.3) is 0 Å². The van der Waals surface area contributed by atoms with Gasteiger partial charge in [-0.15, -0.1) is 0 Å². The molecule has 1 aliphatic carbocycles. The highest BCUT2D eigenvalue weighted by Crippen LogP contribution is 2.42. The van der Waals surface area contributed by atoms with Crippen LogP contribution in [-0.2, 0) is 0 Å². The Kier molecular flexibility index (Phi) is 3.36. The van der Waals surface area contributed by atoms with E-state index in [4.69, 9.17) is 11.6 Å². The summed E-state index contributed by atoms with van der Waals surface area (Å²) >= 11 is 7.72. The maximum absolute atomic E-state index is 5.78. The number of rotatable bonds is 4. The summed E-state index contributed by atoms with van der Waals surface area (Å²) in [6, 6.07) is 1.76. The van der Waals surface area contributed by atoms with Crippen molar-refractivity contribution in [2.75, 3.05) is 18.1 Å². The van der Waals surface area contributed by atoms with Crippen molar-refractivity contribution in [3.8, 4) is 0 Å². The Morgan fingerprint density at radius 2 is 2.33 bits per heavy atom. The quantitative estimate of drug-likeness (QED) is 0.826. The summed E-state index contributed by atoms with van der Waals surface area (Å²) in [5.74, 6) is 0.815. The van der Waals surface area contributed by atoms with Crippen LogP contribution in [0.2, 0.25) is 5.15 Å². The lowest BCUT2D eigenvalue weighted by atomic mass is 9.84. The lowest BCUT2D eigenvalue weighted by Crippen LogP contribution is -2.40.